The molecule has 1 heterocycles. The molecule has 2 fully saturated rings. The van der Waals surface area contributed by atoms with Gasteiger partial charge in [0.2, 0.25) is 0 Å². The van der Waals surface area contributed by atoms with E-state index in [2.05, 4.69) is 10.7 Å². The number of carbonyl (C=O) groups excluding carboxylic acids is 4. The maximum Gasteiger partial charge on any atom is 0.344 e. The van der Waals surface area contributed by atoms with Crippen molar-refractivity contribution in [2.24, 2.45) is 5.73 Å². The first-order chi connectivity index (χ1) is 12.4. The lowest BCUT2D eigenvalue weighted by molar-refractivity contribution is -0.140. The minimum Gasteiger partial charge on any atom is -0.483 e. The normalized spacial score (nSPS) is 18.5. The second kappa shape index (κ2) is 7.03. The number of hydrazine groups is 1. The number of nitrogens with one attached hydrogen (secondary N) is 2. The molecule has 0 atom stereocenters. The Bertz CT molecular complexity index is 757. The first-order valence-electron chi connectivity index (χ1n) is 8.41. The maximum atomic E-state index is 12.6. The Hall–Kier alpha value is -3.10. The number of primary amides is 1. The number of ether oxygens (including phenoxy) is 1. The van der Waals surface area contributed by atoms with Gasteiger partial charge in [0.1, 0.15) is 11.3 Å². The molecule has 1 aromatic rings. The van der Waals surface area contributed by atoms with Crippen molar-refractivity contribution in [2.45, 2.75) is 37.6 Å². The SMILES string of the molecule is NC(=O)c1ccccc1OCC(=O)NN1C(=O)NC2(CCCCC2)C1=O. The topological polar surface area (TPSA) is 131 Å². The van der Waals surface area contributed by atoms with E-state index >= 15 is 0 Å². The van der Waals surface area contributed by atoms with Crippen molar-refractivity contribution in [1.82, 2.24) is 15.8 Å². The Labute approximate surface area is 149 Å². The zero-order valence-electron chi connectivity index (χ0n) is 14.1. The quantitative estimate of drug-likeness (QED) is 0.656. The molecular weight excluding hydrogens is 340 g/mol. The van der Waals surface area contributed by atoms with Crippen LogP contribution in [0.3, 0.4) is 0 Å². The lowest BCUT2D eigenvalue weighted by Crippen LogP contribution is -2.51. The van der Waals surface area contributed by atoms with Gasteiger partial charge in [-0.15, -0.1) is 0 Å². The van der Waals surface area contributed by atoms with Crippen molar-refractivity contribution in [2.75, 3.05) is 6.61 Å². The summed E-state index contributed by atoms with van der Waals surface area (Å²) >= 11 is 0. The molecule has 1 saturated heterocycles. The van der Waals surface area contributed by atoms with E-state index in [1.54, 1.807) is 12.1 Å². The number of rotatable bonds is 5. The van der Waals surface area contributed by atoms with Crippen molar-refractivity contribution < 1.29 is 23.9 Å². The van der Waals surface area contributed by atoms with Crippen LogP contribution >= 0.6 is 0 Å². The van der Waals surface area contributed by atoms with Crippen molar-refractivity contribution >= 4 is 23.8 Å². The van der Waals surface area contributed by atoms with Crippen molar-refractivity contribution in [3.63, 3.8) is 0 Å². The Balaban J connectivity index is 1.61. The summed E-state index contributed by atoms with van der Waals surface area (Å²) in [5.41, 5.74) is 6.72. The molecule has 1 aliphatic carbocycles. The number of urea groups is 1. The number of hydrogen-bond donors (Lipinski definition) is 3. The van der Waals surface area contributed by atoms with E-state index in [1.807, 2.05) is 0 Å². The van der Waals surface area contributed by atoms with E-state index in [9.17, 15) is 19.2 Å². The molecule has 0 unspecified atom stereocenters. The Morgan fingerprint density at radius 3 is 2.58 bits per heavy atom. The molecule has 4 N–H and O–H groups in total. The molecule has 1 aromatic carbocycles. The number of nitrogens with two attached hydrogens (primary N) is 1. The summed E-state index contributed by atoms with van der Waals surface area (Å²) in [6.45, 7) is -0.478. The number of carbonyl (C=O) groups is 4. The van der Waals surface area contributed by atoms with Crippen LogP contribution in [0.25, 0.3) is 0 Å². The van der Waals surface area contributed by atoms with E-state index in [4.69, 9.17) is 10.5 Å². The number of benzene rings is 1. The lowest BCUT2D eigenvalue weighted by Gasteiger charge is -2.30. The first-order valence-corrected chi connectivity index (χ1v) is 8.41. The highest BCUT2D eigenvalue weighted by atomic mass is 16.5. The van der Waals surface area contributed by atoms with Crippen LogP contribution in [0.1, 0.15) is 42.5 Å². The molecule has 26 heavy (non-hydrogen) atoms. The van der Waals surface area contributed by atoms with Gasteiger partial charge in [-0.2, -0.15) is 5.01 Å². The predicted octanol–water partition coefficient (Wildman–Crippen LogP) is 0.450. The van der Waals surface area contributed by atoms with Crippen LogP contribution in [0, 0.1) is 0 Å². The largest absolute Gasteiger partial charge is 0.483 e. The van der Waals surface area contributed by atoms with Crippen LogP contribution in [-0.2, 0) is 9.59 Å². The molecular formula is C17H20N4O5. The maximum absolute atomic E-state index is 12.6. The molecule has 9 nitrogen and oxygen atoms in total. The summed E-state index contributed by atoms with van der Waals surface area (Å²) in [6, 6.07) is 5.56. The predicted molar refractivity (Wildman–Crippen MR) is 89.8 cm³/mol. The molecule has 2 aliphatic rings. The van der Waals surface area contributed by atoms with Crippen LogP contribution in [0.15, 0.2) is 24.3 Å². The summed E-state index contributed by atoms with van der Waals surface area (Å²) in [5, 5.41) is 3.40. The molecule has 0 aromatic heterocycles. The van der Waals surface area contributed by atoms with Crippen molar-refractivity contribution in [3.05, 3.63) is 29.8 Å². The number of amides is 5. The van der Waals surface area contributed by atoms with Crippen LogP contribution in [0.5, 0.6) is 5.75 Å². The highest BCUT2D eigenvalue weighted by molar-refractivity contribution is 6.08. The average molecular weight is 360 g/mol. The minimum absolute atomic E-state index is 0.136. The third-order valence-electron chi connectivity index (χ3n) is 4.62. The van der Waals surface area contributed by atoms with Crippen molar-refractivity contribution in [3.8, 4) is 5.75 Å². The molecule has 0 bridgehead atoms. The third kappa shape index (κ3) is 3.32. The van der Waals surface area contributed by atoms with Gasteiger partial charge in [0.05, 0.1) is 5.56 Å². The van der Waals surface area contributed by atoms with Crippen LogP contribution in [-0.4, -0.2) is 40.9 Å². The molecule has 1 spiro atoms. The van der Waals surface area contributed by atoms with Gasteiger partial charge in [-0.05, 0) is 25.0 Å². The monoisotopic (exact) mass is 360 g/mol. The van der Waals surface area contributed by atoms with Gasteiger partial charge in [-0.25, -0.2) is 4.79 Å². The van der Waals surface area contributed by atoms with Gasteiger partial charge >= 0.3 is 6.03 Å². The van der Waals surface area contributed by atoms with E-state index in [0.29, 0.717) is 17.9 Å². The Morgan fingerprint density at radius 1 is 1.19 bits per heavy atom. The van der Waals surface area contributed by atoms with Crippen molar-refractivity contribution in [1.29, 1.82) is 0 Å². The number of nitrogens with zero attached hydrogens (tertiary/aromatic N) is 1. The summed E-state index contributed by atoms with van der Waals surface area (Å²) in [6.07, 6.45) is 3.84. The van der Waals surface area contributed by atoms with Crippen LogP contribution in [0.2, 0.25) is 0 Å². The molecule has 5 amide bonds. The second-order valence-electron chi connectivity index (χ2n) is 6.40. The third-order valence-corrected chi connectivity index (χ3v) is 4.62. The van der Waals surface area contributed by atoms with E-state index in [1.165, 1.54) is 12.1 Å². The summed E-state index contributed by atoms with van der Waals surface area (Å²) < 4.78 is 5.30. The first kappa shape index (κ1) is 17.7. The molecule has 9 heteroatoms. The van der Waals surface area contributed by atoms with Gasteiger partial charge in [0, 0.05) is 0 Å². The molecule has 138 valence electrons. The summed E-state index contributed by atoms with van der Waals surface area (Å²) in [7, 11) is 0. The zero-order valence-corrected chi connectivity index (χ0v) is 14.1. The second-order valence-corrected chi connectivity index (χ2v) is 6.40. The van der Waals surface area contributed by atoms with Gasteiger partial charge in [-0.1, -0.05) is 31.4 Å². The van der Waals surface area contributed by atoms with Gasteiger partial charge in [-0.3, -0.25) is 19.8 Å². The molecule has 0 radical (unpaired) electrons. The van der Waals surface area contributed by atoms with E-state index < -0.39 is 35.9 Å². The number of imide groups is 1. The fourth-order valence-electron chi connectivity index (χ4n) is 3.31. The molecule has 1 aliphatic heterocycles. The highest BCUT2D eigenvalue weighted by Crippen LogP contribution is 2.32. The van der Waals surface area contributed by atoms with Gasteiger partial charge in [0.25, 0.3) is 17.7 Å². The van der Waals surface area contributed by atoms with E-state index in [0.717, 1.165) is 19.3 Å². The van der Waals surface area contributed by atoms with E-state index in [-0.39, 0.29) is 11.3 Å². The average Bonchev–Trinajstić information content (AvgIpc) is 2.85. The fourth-order valence-corrected chi connectivity index (χ4v) is 3.31. The standard InChI is InChI=1S/C17H20N4O5/c18-14(23)11-6-2-3-7-12(11)26-10-13(22)20-21-15(24)17(19-16(21)25)8-4-1-5-9-17/h2-3,6-7H,1,4-5,8-10H2,(H2,18,23)(H,19,25)(H,20,22). The highest BCUT2D eigenvalue weighted by Gasteiger charge is 2.52. The fraction of sp³-hybridized carbons (Fsp3) is 0.412. The molecule has 3 rings (SSSR count). The Morgan fingerprint density at radius 2 is 1.88 bits per heavy atom. The van der Waals surface area contributed by atoms with Crippen LogP contribution in [0.4, 0.5) is 4.79 Å². The lowest BCUT2D eigenvalue weighted by atomic mass is 9.82. The van der Waals surface area contributed by atoms with Gasteiger partial charge in [0.15, 0.2) is 6.61 Å². The number of hydrogen-bond acceptors (Lipinski definition) is 5. The Kier molecular flexibility index (Phi) is 4.79. The summed E-state index contributed by atoms with van der Waals surface area (Å²) in [4.78, 5) is 48.1. The minimum atomic E-state index is -0.915. The smallest absolute Gasteiger partial charge is 0.344 e. The zero-order chi connectivity index (χ0) is 18.7. The van der Waals surface area contributed by atoms with Gasteiger partial charge < -0.3 is 15.8 Å². The van der Waals surface area contributed by atoms with Crippen LogP contribution < -0.4 is 21.2 Å². The number of para-hydroxylation sites is 1. The summed E-state index contributed by atoms with van der Waals surface area (Å²) in [5.74, 6) is -1.68. The molecule has 1 saturated carbocycles.